The Kier molecular flexibility index (Phi) is 6.26. The lowest BCUT2D eigenvalue weighted by atomic mass is 9.44. The van der Waals surface area contributed by atoms with Gasteiger partial charge in [-0.3, -0.25) is 4.79 Å². The minimum atomic E-state index is -1.70. The topological polar surface area (TPSA) is 26.3 Å². The predicted molar refractivity (Wildman–Crippen MR) is 142 cm³/mol. The monoisotopic (exact) mass is 472 g/mol. The first-order valence-electron chi connectivity index (χ1n) is 13.9. The van der Waals surface area contributed by atoms with Gasteiger partial charge in [0.2, 0.25) is 0 Å². The van der Waals surface area contributed by atoms with Gasteiger partial charge in [0, 0.05) is 18.4 Å². The number of carbonyl (C=O) groups is 1. The third-order valence-corrected chi connectivity index (χ3v) is 16.5. The van der Waals surface area contributed by atoms with Gasteiger partial charge in [0.15, 0.2) is 8.32 Å². The molecule has 3 saturated carbocycles. The van der Waals surface area contributed by atoms with E-state index in [1.807, 2.05) is 0 Å². The summed E-state index contributed by atoms with van der Waals surface area (Å²) in [6.07, 6.45) is 11.1. The highest BCUT2D eigenvalue weighted by Gasteiger charge is 2.61. The van der Waals surface area contributed by atoms with E-state index in [4.69, 9.17) is 4.43 Å². The van der Waals surface area contributed by atoms with E-state index in [0.717, 1.165) is 43.1 Å². The van der Waals surface area contributed by atoms with Crippen molar-refractivity contribution in [1.82, 2.24) is 0 Å². The average Bonchev–Trinajstić information content (AvgIpc) is 3.06. The molecule has 3 fully saturated rings. The van der Waals surface area contributed by atoms with Crippen molar-refractivity contribution >= 4 is 14.1 Å². The van der Waals surface area contributed by atoms with Crippen molar-refractivity contribution in [2.75, 3.05) is 6.61 Å². The molecule has 0 spiro atoms. The average molecular weight is 473 g/mol. The third kappa shape index (κ3) is 3.86. The molecule has 33 heavy (non-hydrogen) atoms. The van der Waals surface area contributed by atoms with Crippen LogP contribution >= 0.6 is 0 Å². The Morgan fingerprint density at radius 2 is 1.73 bits per heavy atom. The summed E-state index contributed by atoms with van der Waals surface area (Å²) in [5.74, 6) is 4.30. The number of hydrogen-bond acceptors (Lipinski definition) is 2. The van der Waals surface area contributed by atoms with Gasteiger partial charge < -0.3 is 4.43 Å². The van der Waals surface area contributed by atoms with Gasteiger partial charge >= 0.3 is 0 Å². The maximum absolute atomic E-state index is 12.8. The van der Waals surface area contributed by atoms with Crippen LogP contribution in [-0.2, 0) is 9.22 Å². The number of Topliss-reactive ketones (excluding diaryl/α,β-unsaturated/α-hetero) is 1. The number of hydrogen-bond donors (Lipinski definition) is 0. The number of allylic oxidation sites excluding steroid dienone is 2. The molecule has 4 aliphatic carbocycles. The summed E-state index contributed by atoms with van der Waals surface area (Å²) in [6, 6.07) is 0. The van der Waals surface area contributed by atoms with Crippen LogP contribution in [0.1, 0.15) is 100 Å². The fourth-order valence-corrected chi connectivity index (χ4v) is 9.98. The zero-order valence-electron chi connectivity index (χ0n) is 23.4. The summed E-state index contributed by atoms with van der Waals surface area (Å²) in [7, 11) is -1.70. The minimum absolute atomic E-state index is 0.233. The Morgan fingerprint density at radius 1 is 1.06 bits per heavy atom. The third-order valence-electron chi connectivity index (χ3n) is 12.0. The maximum atomic E-state index is 12.8. The summed E-state index contributed by atoms with van der Waals surface area (Å²) >= 11 is 0. The van der Waals surface area contributed by atoms with Gasteiger partial charge in [-0.25, -0.2) is 0 Å². The van der Waals surface area contributed by atoms with E-state index in [0.29, 0.717) is 17.1 Å². The van der Waals surface area contributed by atoms with Crippen molar-refractivity contribution in [3.8, 4) is 0 Å². The number of ketones is 1. The molecule has 188 valence electrons. The molecule has 0 amide bonds. The molecule has 3 heteroatoms. The highest BCUT2D eigenvalue weighted by molar-refractivity contribution is 6.74. The standard InChI is InChI=1S/C30H52O2Si/c1-20(19-32-33(9,10)27(2,3)4)22-12-13-23-21-11-14-25-28(5,6)26(31)16-18-30(25,8)24(21)15-17-29(22,23)7/h14,20-24H,11-13,15-19H2,1-10H3/t20-,21+,22-,23+,24+,29-,30-/m1/s1. The Bertz CT molecular complexity index is 818. The van der Waals surface area contributed by atoms with E-state index in [2.05, 4.69) is 74.6 Å². The second-order valence-electron chi connectivity index (χ2n) is 15.0. The van der Waals surface area contributed by atoms with Crippen LogP contribution in [0.25, 0.3) is 0 Å². The van der Waals surface area contributed by atoms with Crippen LogP contribution in [-0.4, -0.2) is 20.7 Å². The molecule has 4 rings (SSSR count). The van der Waals surface area contributed by atoms with Gasteiger partial charge in [-0.05, 0) is 111 Å². The zero-order chi connectivity index (χ0) is 24.6. The Labute approximate surface area is 205 Å². The lowest BCUT2D eigenvalue weighted by molar-refractivity contribution is -0.132. The molecular weight excluding hydrogens is 420 g/mol. The van der Waals surface area contributed by atoms with Crippen molar-refractivity contribution in [2.45, 2.75) is 118 Å². The van der Waals surface area contributed by atoms with Gasteiger partial charge in [-0.1, -0.05) is 53.2 Å². The largest absolute Gasteiger partial charge is 0.417 e. The van der Waals surface area contributed by atoms with Crippen LogP contribution in [0.3, 0.4) is 0 Å². The predicted octanol–water partition coefficient (Wildman–Crippen LogP) is 8.43. The van der Waals surface area contributed by atoms with Crippen molar-refractivity contribution < 1.29 is 9.22 Å². The molecule has 0 N–H and O–H groups in total. The van der Waals surface area contributed by atoms with Crippen LogP contribution in [0.2, 0.25) is 18.1 Å². The highest BCUT2D eigenvalue weighted by Crippen LogP contribution is 2.68. The second-order valence-corrected chi connectivity index (χ2v) is 19.8. The fourth-order valence-electron chi connectivity index (χ4n) is 8.87. The zero-order valence-corrected chi connectivity index (χ0v) is 24.4. The molecule has 0 aliphatic heterocycles. The number of carbonyl (C=O) groups excluding carboxylic acids is 1. The molecule has 0 heterocycles. The normalized spacial score (nSPS) is 41.6. The van der Waals surface area contributed by atoms with E-state index in [9.17, 15) is 4.79 Å². The molecule has 0 aromatic rings. The van der Waals surface area contributed by atoms with Crippen molar-refractivity contribution in [1.29, 1.82) is 0 Å². The maximum Gasteiger partial charge on any atom is 0.191 e. The van der Waals surface area contributed by atoms with Gasteiger partial charge in [0.1, 0.15) is 5.78 Å². The van der Waals surface area contributed by atoms with E-state index in [-0.39, 0.29) is 15.9 Å². The molecule has 4 aliphatic rings. The molecule has 0 bridgehead atoms. The number of rotatable bonds is 4. The molecular formula is C30H52O2Si. The molecule has 0 aromatic carbocycles. The van der Waals surface area contributed by atoms with E-state index in [1.165, 1.54) is 37.7 Å². The molecule has 0 radical (unpaired) electrons. The first-order chi connectivity index (χ1) is 15.1. The minimum Gasteiger partial charge on any atom is -0.417 e. The quantitative estimate of drug-likeness (QED) is 0.303. The van der Waals surface area contributed by atoms with Gasteiger partial charge in [-0.15, -0.1) is 0 Å². The Balaban J connectivity index is 1.53. The smallest absolute Gasteiger partial charge is 0.191 e. The summed E-state index contributed by atoms with van der Waals surface area (Å²) in [5.41, 5.74) is 1.92. The Hall–Kier alpha value is -0.413. The first kappa shape index (κ1) is 25.7. The summed E-state index contributed by atoms with van der Waals surface area (Å²) in [5, 5.41) is 0.281. The number of fused-ring (bicyclic) bond motifs is 5. The molecule has 0 unspecified atom stereocenters. The SMILES string of the molecule is C[C@H](CO[Si](C)(C)C(C)(C)C)[C@H]1CC[C@H]2[C@@H]3CC=C4C(C)(C)C(=O)CC[C@]4(C)[C@H]3CC[C@]12C. The molecule has 7 atom stereocenters. The van der Waals surface area contributed by atoms with E-state index in [1.54, 1.807) is 0 Å². The first-order valence-corrected chi connectivity index (χ1v) is 16.8. The lowest BCUT2D eigenvalue weighted by Crippen LogP contribution is -2.54. The van der Waals surface area contributed by atoms with E-state index >= 15 is 0 Å². The summed E-state index contributed by atoms with van der Waals surface area (Å²) in [4.78, 5) is 12.8. The van der Waals surface area contributed by atoms with Crippen LogP contribution in [0, 0.1) is 45.8 Å². The van der Waals surface area contributed by atoms with Crippen LogP contribution in [0.4, 0.5) is 0 Å². The van der Waals surface area contributed by atoms with Crippen molar-refractivity contribution in [2.24, 2.45) is 45.8 Å². The van der Waals surface area contributed by atoms with Crippen molar-refractivity contribution in [3.63, 3.8) is 0 Å². The van der Waals surface area contributed by atoms with Crippen molar-refractivity contribution in [3.05, 3.63) is 11.6 Å². The van der Waals surface area contributed by atoms with Crippen LogP contribution in [0.5, 0.6) is 0 Å². The van der Waals surface area contributed by atoms with Gasteiger partial charge in [0.05, 0.1) is 0 Å². The van der Waals surface area contributed by atoms with E-state index < -0.39 is 8.32 Å². The Morgan fingerprint density at radius 3 is 2.36 bits per heavy atom. The van der Waals surface area contributed by atoms with Crippen LogP contribution < -0.4 is 0 Å². The molecule has 0 saturated heterocycles. The highest BCUT2D eigenvalue weighted by atomic mass is 28.4. The summed E-state index contributed by atoms with van der Waals surface area (Å²) in [6.45, 7) is 24.8. The van der Waals surface area contributed by atoms with Gasteiger partial charge in [-0.2, -0.15) is 0 Å². The van der Waals surface area contributed by atoms with Gasteiger partial charge in [0.25, 0.3) is 0 Å². The fraction of sp³-hybridized carbons (Fsp3) is 0.900. The molecule has 2 nitrogen and oxygen atoms in total. The lowest BCUT2D eigenvalue weighted by Gasteiger charge is -2.60. The second kappa shape index (κ2) is 8.05. The molecule has 0 aromatic heterocycles. The summed E-state index contributed by atoms with van der Waals surface area (Å²) < 4.78 is 6.72. The van der Waals surface area contributed by atoms with Crippen LogP contribution in [0.15, 0.2) is 11.6 Å².